The van der Waals surface area contributed by atoms with Crippen molar-refractivity contribution in [2.45, 2.75) is 110 Å². The zero-order valence-corrected chi connectivity index (χ0v) is 25.3. The lowest BCUT2D eigenvalue weighted by Crippen LogP contribution is -2.55. The van der Waals surface area contributed by atoms with E-state index in [2.05, 4.69) is 27.7 Å². The van der Waals surface area contributed by atoms with Gasteiger partial charge in [-0.1, -0.05) is 27.7 Å². The molecule has 6 fully saturated rings. The molecule has 0 aromatic heterocycles. The molecule has 220 valence electrons. The minimum Gasteiger partial charge on any atom is -0.497 e. The van der Waals surface area contributed by atoms with E-state index in [0.717, 1.165) is 49.4 Å². The molecule has 2 saturated heterocycles. The summed E-state index contributed by atoms with van der Waals surface area (Å²) in [6.45, 7) is 10.8. The maximum Gasteiger partial charge on any atom is 0.338 e. The minimum atomic E-state index is -0.321. The Morgan fingerprint density at radius 2 is 1.68 bits per heavy atom. The van der Waals surface area contributed by atoms with Gasteiger partial charge in [-0.2, -0.15) is 0 Å². The Hall–Kier alpha value is -1.59. The second-order valence-corrected chi connectivity index (χ2v) is 15.2. The smallest absolute Gasteiger partial charge is 0.338 e. The third kappa shape index (κ3) is 4.03. The van der Waals surface area contributed by atoms with Gasteiger partial charge in [0.1, 0.15) is 11.9 Å². The molecule has 1 spiro atoms. The number of carbonyl (C=O) groups is 1. The van der Waals surface area contributed by atoms with Crippen LogP contribution in [0.2, 0.25) is 0 Å². The topological polar surface area (TPSA) is 54.0 Å². The average molecular weight is 551 g/mol. The lowest BCUT2D eigenvalue weighted by Gasteiger charge is -2.61. The molecule has 0 bridgehead atoms. The standard InChI is InChI=1S/C35H50O5/c1-21-12-17-35(38-20-21)22(2)31-30(40-35)19-29-27-11-8-24-18-26(39-32(36)23-6-9-25(37-5)10-7-23)13-15-33(24,3)28(27)14-16-34(29,31)4/h6-7,9-10,21-22,24,26-31H,8,11-20H2,1-5H3/t21-,22-,24+,26+,27-,28+,29+,30+,31+,33+,34+,35+/m1/s1. The largest absolute Gasteiger partial charge is 0.497 e. The monoisotopic (exact) mass is 550 g/mol. The molecule has 2 aliphatic heterocycles. The number of carbonyl (C=O) groups excluding carboxylic acids is 1. The summed E-state index contributed by atoms with van der Waals surface area (Å²) in [5, 5.41) is 0. The molecular formula is C35H50O5. The molecule has 0 unspecified atom stereocenters. The van der Waals surface area contributed by atoms with Crippen molar-refractivity contribution in [1.82, 2.24) is 0 Å². The SMILES string of the molecule is COc1ccc(C(=O)O[C@H]2CC[C@@]3(C)[C@@H](CC[C@@H]4[C@@H]3CC[C@]3(C)[C@@H]5[C@H](C[C@@H]43)O[C@@]3(CC[C@@H](C)CO3)[C@@H]5C)C2)cc1. The summed E-state index contributed by atoms with van der Waals surface area (Å²) in [5.74, 6) is 5.03. The number of ether oxygens (including phenoxy) is 4. The second-order valence-electron chi connectivity index (χ2n) is 15.2. The van der Waals surface area contributed by atoms with Gasteiger partial charge in [0.05, 0.1) is 25.4 Å². The van der Waals surface area contributed by atoms with Crippen molar-refractivity contribution < 1.29 is 23.7 Å². The van der Waals surface area contributed by atoms with Crippen LogP contribution in [-0.4, -0.2) is 37.7 Å². The van der Waals surface area contributed by atoms with E-state index in [4.69, 9.17) is 18.9 Å². The van der Waals surface area contributed by atoms with Crippen LogP contribution in [-0.2, 0) is 14.2 Å². The maximum absolute atomic E-state index is 12.9. The first-order chi connectivity index (χ1) is 19.2. The van der Waals surface area contributed by atoms with Crippen LogP contribution < -0.4 is 4.74 Å². The molecule has 5 nitrogen and oxygen atoms in total. The van der Waals surface area contributed by atoms with Gasteiger partial charge in [-0.15, -0.1) is 0 Å². The highest BCUT2D eigenvalue weighted by atomic mass is 16.7. The van der Waals surface area contributed by atoms with Crippen molar-refractivity contribution in [1.29, 1.82) is 0 Å². The Morgan fingerprint density at radius 1 is 0.900 bits per heavy atom. The molecule has 1 aromatic rings. The molecule has 40 heavy (non-hydrogen) atoms. The van der Waals surface area contributed by atoms with Gasteiger partial charge in [0.2, 0.25) is 0 Å². The van der Waals surface area contributed by atoms with Crippen molar-refractivity contribution in [3.63, 3.8) is 0 Å². The summed E-state index contributed by atoms with van der Waals surface area (Å²) in [6, 6.07) is 7.28. The van der Waals surface area contributed by atoms with Crippen LogP contribution in [0.4, 0.5) is 0 Å². The van der Waals surface area contributed by atoms with Crippen LogP contribution in [0.1, 0.15) is 102 Å². The van der Waals surface area contributed by atoms with E-state index >= 15 is 0 Å². The molecule has 5 heteroatoms. The fourth-order valence-electron chi connectivity index (χ4n) is 11.3. The van der Waals surface area contributed by atoms with E-state index in [-0.39, 0.29) is 17.9 Å². The van der Waals surface area contributed by atoms with E-state index in [9.17, 15) is 4.79 Å². The van der Waals surface area contributed by atoms with Crippen LogP contribution in [0.3, 0.4) is 0 Å². The van der Waals surface area contributed by atoms with Crippen LogP contribution in [0, 0.1) is 52.3 Å². The predicted octanol–water partition coefficient (Wildman–Crippen LogP) is 7.67. The van der Waals surface area contributed by atoms with E-state index in [1.807, 2.05) is 24.3 Å². The first kappa shape index (κ1) is 27.3. The zero-order chi connectivity index (χ0) is 27.9. The van der Waals surface area contributed by atoms with Gasteiger partial charge in [-0.05, 0) is 128 Å². The van der Waals surface area contributed by atoms with Gasteiger partial charge in [0, 0.05) is 12.3 Å². The van der Waals surface area contributed by atoms with Crippen LogP contribution in [0.25, 0.3) is 0 Å². The second kappa shape index (κ2) is 9.73. The molecule has 7 rings (SSSR count). The highest BCUT2D eigenvalue weighted by molar-refractivity contribution is 5.89. The van der Waals surface area contributed by atoms with Crippen molar-refractivity contribution in [2.24, 2.45) is 52.3 Å². The summed E-state index contributed by atoms with van der Waals surface area (Å²) < 4.78 is 24.8. The lowest BCUT2D eigenvalue weighted by atomic mass is 9.44. The van der Waals surface area contributed by atoms with Crippen molar-refractivity contribution in [3.05, 3.63) is 29.8 Å². The van der Waals surface area contributed by atoms with Crippen molar-refractivity contribution in [2.75, 3.05) is 13.7 Å². The molecule has 2 heterocycles. The van der Waals surface area contributed by atoms with Crippen molar-refractivity contribution in [3.8, 4) is 5.75 Å². The van der Waals surface area contributed by atoms with E-state index in [1.165, 1.54) is 44.9 Å². The number of rotatable bonds is 3. The number of fused-ring (bicyclic) bond motifs is 7. The van der Waals surface area contributed by atoms with Crippen LogP contribution in [0.5, 0.6) is 5.75 Å². The third-order valence-corrected chi connectivity index (χ3v) is 13.5. The molecule has 4 saturated carbocycles. The fourth-order valence-corrected chi connectivity index (χ4v) is 11.3. The summed E-state index contributed by atoms with van der Waals surface area (Å²) in [4.78, 5) is 12.9. The molecule has 1 aromatic carbocycles. The van der Waals surface area contributed by atoms with Gasteiger partial charge in [0.15, 0.2) is 5.79 Å². The van der Waals surface area contributed by atoms with Crippen LogP contribution >= 0.6 is 0 Å². The quantitative estimate of drug-likeness (QED) is 0.362. The minimum absolute atomic E-state index is 0.0348. The number of hydrogen-bond donors (Lipinski definition) is 0. The first-order valence-electron chi connectivity index (χ1n) is 16.3. The van der Waals surface area contributed by atoms with Gasteiger partial charge in [-0.3, -0.25) is 0 Å². The zero-order valence-electron chi connectivity index (χ0n) is 25.3. The molecule has 6 aliphatic rings. The Kier molecular flexibility index (Phi) is 6.63. The normalized spacial score (nSPS) is 49.5. The maximum atomic E-state index is 12.9. The highest BCUT2D eigenvalue weighted by Gasteiger charge is 2.69. The molecular weight excluding hydrogens is 500 g/mol. The summed E-state index contributed by atoms with van der Waals surface area (Å²) >= 11 is 0. The van der Waals surface area contributed by atoms with Gasteiger partial charge in [-0.25, -0.2) is 4.79 Å². The van der Waals surface area contributed by atoms with E-state index < -0.39 is 0 Å². The highest BCUT2D eigenvalue weighted by Crippen LogP contribution is 2.71. The Bertz CT molecular complexity index is 1110. The lowest BCUT2D eigenvalue weighted by molar-refractivity contribution is -0.273. The Morgan fingerprint density at radius 3 is 2.40 bits per heavy atom. The summed E-state index contributed by atoms with van der Waals surface area (Å²) in [7, 11) is 1.64. The van der Waals surface area contributed by atoms with E-state index in [0.29, 0.717) is 46.2 Å². The van der Waals surface area contributed by atoms with Gasteiger partial charge >= 0.3 is 5.97 Å². The number of esters is 1. The molecule has 0 N–H and O–H groups in total. The summed E-state index contributed by atoms with van der Waals surface area (Å²) in [6.07, 6.45) is 12.4. The van der Waals surface area contributed by atoms with E-state index in [1.54, 1.807) is 7.11 Å². The van der Waals surface area contributed by atoms with Gasteiger partial charge in [0.25, 0.3) is 0 Å². The summed E-state index contributed by atoms with van der Waals surface area (Å²) in [5.41, 5.74) is 1.35. The number of hydrogen-bond acceptors (Lipinski definition) is 5. The molecule has 0 amide bonds. The molecule has 4 aliphatic carbocycles. The molecule has 12 atom stereocenters. The Labute approximate surface area is 241 Å². The van der Waals surface area contributed by atoms with Gasteiger partial charge < -0.3 is 18.9 Å². The fraction of sp³-hybridized carbons (Fsp3) is 0.800. The van der Waals surface area contributed by atoms with Crippen LogP contribution in [0.15, 0.2) is 24.3 Å². The van der Waals surface area contributed by atoms with Crippen molar-refractivity contribution >= 4 is 5.97 Å². The number of methoxy groups -OCH3 is 1. The third-order valence-electron chi connectivity index (χ3n) is 13.5. The molecule has 0 radical (unpaired) electrons. The predicted molar refractivity (Wildman–Crippen MR) is 154 cm³/mol. The number of benzene rings is 1. The average Bonchev–Trinajstić information content (AvgIpc) is 3.40. The Balaban J connectivity index is 1.03. The first-order valence-corrected chi connectivity index (χ1v) is 16.3.